The van der Waals surface area contributed by atoms with Gasteiger partial charge in [-0.25, -0.2) is 9.37 Å². The van der Waals surface area contributed by atoms with E-state index in [2.05, 4.69) is 20.6 Å². The van der Waals surface area contributed by atoms with E-state index in [1.807, 2.05) is 31.2 Å². The Hall–Kier alpha value is -3.22. The lowest BCUT2D eigenvalue weighted by atomic mass is 10.1. The molecule has 0 aliphatic heterocycles. The third-order valence-electron chi connectivity index (χ3n) is 4.11. The third kappa shape index (κ3) is 4.91. The summed E-state index contributed by atoms with van der Waals surface area (Å²) in [5.74, 6) is -0.739. The van der Waals surface area contributed by atoms with Crippen molar-refractivity contribution in [2.45, 2.75) is 32.2 Å². The van der Waals surface area contributed by atoms with Crippen LogP contribution in [0.25, 0.3) is 11.0 Å². The minimum atomic E-state index is -0.690. The fraction of sp³-hybridized carbons (Fsp3) is 0.250. The van der Waals surface area contributed by atoms with Gasteiger partial charge in [0.25, 0.3) is 0 Å². The summed E-state index contributed by atoms with van der Waals surface area (Å²) in [7, 11) is 0. The molecule has 1 heterocycles. The van der Waals surface area contributed by atoms with Gasteiger partial charge in [-0.1, -0.05) is 37.6 Å². The summed E-state index contributed by atoms with van der Waals surface area (Å²) < 4.78 is 13.3. The van der Waals surface area contributed by atoms with Gasteiger partial charge in [0.15, 0.2) is 0 Å². The van der Waals surface area contributed by atoms with E-state index in [0.29, 0.717) is 17.9 Å². The van der Waals surface area contributed by atoms with Gasteiger partial charge < -0.3 is 10.3 Å². The van der Waals surface area contributed by atoms with Crippen LogP contribution in [0.5, 0.6) is 0 Å². The minimum Gasteiger partial charge on any atom is -0.344 e. The fourth-order valence-corrected chi connectivity index (χ4v) is 2.85. The molecule has 3 N–H and O–H groups in total. The lowest BCUT2D eigenvalue weighted by molar-refractivity contribution is -0.126. The second-order valence-corrected chi connectivity index (χ2v) is 6.31. The summed E-state index contributed by atoms with van der Waals surface area (Å²) in [6.45, 7) is 1.93. The molecule has 1 atom stereocenters. The SMILES string of the molecule is CCC[C@@H](NC(=O)Cc1cccc(F)c1)C(=O)Nc1nc2ccccc2[nH]1. The van der Waals surface area contributed by atoms with E-state index >= 15 is 0 Å². The number of nitrogens with zero attached hydrogens (tertiary/aromatic N) is 1. The molecule has 7 heteroatoms. The topological polar surface area (TPSA) is 86.9 Å². The van der Waals surface area contributed by atoms with Gasteiger partial charge in [0.2, 0.25) is 17.8 Å². The highest BCUT2D eigenvalue weighted by Gasteiger charge is 2.21. The highest BCUT2D eigenvalue weighted by Crippen LogP contribution is 2.14. The maximum atomic E-state index is 13.3. The van der Waals surface area contributed by atoms with Crippen molar-refractivity contribution in [3.05, 3.63) is 59.9 Å². The van der Waals surface area contributed by atoms with Crippen LogP contribution in [0.15, 0.2) is 48.5 Å². The average Bonchev–Trinajstić information content (AvgIpc) is 3.03. The number of hydrogen-bond donors (Lipinski definition) is 3. The van der Waals surface area contributed by atoms with Crippen LogP contribution in [0.3, 0.4) is 0 Å². The monoisotopic (exact) mass is 368 g/mol. The van der Waals surface area contributed by atoms with E-state index in [1.54, 1.807) is 12.1 Å². The standard InChI is InChI=1S/C20H21FN4O2/c1-2-6-17(22-18(26)12-13-7-5-8-14(21)11-13)19(27)25-20-23-15-9-3-4-10-16(15)24-20/h3-5,7-11,17H,2,6,12H2,1H3,(H,22,26)(H2,23,24,25,27)/t17-/m1/s1. The summed E-state index contributed by atoms with van der Waals surface area (Å²) in [6, 6.07) is 12.6. The first-order chi connectivity index (χ1) is 13.0. The molecule has 3 aromatic rings. The van der Waals surface area contributed by atoms with Crippen LogP contribution in [0, 0.1) is 5.82 Å². The van der Waals surface area contributed by atoms with E-state index in [0.717, 1.165) is 17.5 Å². The number of benzene rings is 2. The second kappa shape index (κ2) is 8.44. The molecule has 0 saturated carbocycles. The molecule has 2 aromatic carbocycles. The van der Waals surface area contributed by atoms with Crippen molar-refractivity contribution >= 4 is 28.8 Å². The number of nitrogens with one attached hydrogen (secondary N) is 3. The van der Waals surface area contributed by atoms with Crippen molar-refractivity contribution in [1.82, 2.24) is 15.3 Å². The molecule has 0 aliphatic rings. The number of aromatic amines is 1. The number of carbonyl (C=O) groups is 2. The van der Waals surface area contributed by atoms with Crippen LogP contribution >= 0.6 is 0 Å². The Morgan fingerprint density at radius 3 is 2.74 bits per heavy atom. The number of hydrogen-bond acceptors (Lipinski definition) is 3. The average molecular weight is 368 g/mol. The molecule has 0 aliphatic carbocycles. The van der Waals surface area contributed by atoms with Crippen LogP contribution in [-0.2, 0) is 16.0 Å². The van der Waals surface area contributed by atoms with E-state index in [-0.39, 0.29) is 18.2 Å². The quantitative estimate of drug-likeness (QED) is 0.599. The number of fused-ring (bicyclic) bond motifs is 1. The Labute approximate surface area is 156 Å². The molecule has 1 aromatic heterocycles. The first-order valence-corrected chi connectivity index (χ1v) is 8.84. The maximum absolute atomic E-state index is 13.3. The maximum Gasteiger partial charge on any atom is 0.249 e. The van der Waals surface area contributed by atoms with Crippen LogP contribution < -0.4 is 10.6 Å². The van der Waals surface area contributed by atoms with Gasteiger partial charge >= 0.3 is 0 Å². The summed E-state index contributed by atoms with van der Waals surface area (Å²) >= 11 is 0. The van der Waals surface area contributed by atoms with Crippen LogP contribution in [-0.4, -0.2) is 27.8 Å². The van der Waals surface area contributed by atoms with Crippen molar-refractivity contribution in [3.8, 4) is 0 Å². The summed E-state index contributed by atoms with van der Waals surface area (Å²) in [4.78, 5) is 32.2. The van der Waals surface area contributed by atoms with Crippen LogP contribution in [0.4, 0.5) is 10.3 Å². The number of halogens is 1. The summed E-state index contributed by atoms with van der Waals surface area (Å²) in [5, 5.41) is 5.44. The van der Waals surface area contributed by atoms with Gasteiger partial charge in [-0.2, -0.15) is 0 Å². The predicted molar refractivity (Wildman–Crippen MR) is 102 cm³/mol. The number of imidazole rings is 1. The van der Waals surface area contributed by atoms with Gasteiger partial charge in [0, 0.05) is 0 Å². The van der Waals surface area contributed by atoms with Gasteiger partial charge in [-0.05, 0) is 36.2 Å². The van der Waals surface area contributed by atoms with E-state index in [1.165, 1.54) is 12.1 Å². The zero-order valence-corrected chi connectivity index (χ0v) is 15.0. The lowest BCUT2D eigenvalue weighted by Crippen LogP contribution is -2.44. The molecule has 0 saturated heterocycles. The Kier molecular flexibility index (Phi) is 5.80. The zero-order chi connectivity index (χ0) is 19.2. The Bertz CT molecular complexity index is 921. The van der Waals surface area contributed by atoms with E-state index in [4.69, 9.17) is 0 Å². The number of aromatic nitrogens is 2. The van der Waals surface area contributed by atoms with Gasteiger partial charge in [0.1, 0.15) is 11.9 Å². The van der Waals surface area contributed by atoms with Crippen molar-refractivity contribution in [3.63, 3.8) is 0 Å². The molecule has 0 radical (unpaired) electrons. The van der Waals surface area contributed by atoms with Gasteiger partial charge in [-0.15, -0.1) is 0 Å². The molecule has 27 heavy (non-hydrogen) atoms. The van der Waals surface area contributed by atoms with Crippen molar-refractivity contribution in [2.75, 3.05) is 5.32 Å². The zero-order valence-electron chi connectivity index (χ0n) is 15.0. The predicted octanol–water partition coefficient (Wildman–Crippen LogP) is 3.17. The number of H-pyrrole nitrogens is 1. The molecule has 0 bridgehead atoms. The molecular weight excluding hydrogens is 347 g/mol. The van der Waals surface area contributed by atoms with Crippen molar-refractivity contribution in [2.24, 2.45) is 0 Å². The molecular formula is C20H21FN4O2. The highest BCUT2D eigenvalue weighted by molar-refractivity contribution is 5.97. The molecule has 2 amide bonds. The Morgan fingerprint density at radius 1 is 1.19 bits per heavy atom. The normalized spacial score (nSPS) is 11.9. The largest absolute Gasteiger partial charge is 0.344 e. The fourth-order valence-electron chi connectivity index (χ4n) is 2.85. The molecule has 0 unspecified atom stereocenters. The minimum absolute atomic E-state index is 0.00981. The number of amides is 2. The molecule has 0 fully saturated rings. The number of rotatable bonds is 7. The van der Waals surface area contributed by atoms with Crippen LogP contribution in [0.2, 0.25) is 0 Å². The second-order valence-electron chi connectivity index (χ2n) is 6.31. The van der Waals surface area contributed by atoms with Crippen LogP contribution in [0.1, 0.15) is 25.3 Å². The summed E-state index contributed by atoms with van der Waals surface area (Å²) in [6.07, 6.45) is 1.22. The summed E-state index contributed by atoms with van der Waals surface area (Å²) in [5.41, 5.74) is 2.12. The highest BCUT2D eigenvalue weighted by atomic mass is 19.1. The Balaban J connectivity index is 1.64. The van der Waals surface area contributed by atoms with E-state index in [9.17, 15) is 14.0 Å². The molecule has 140 valence electrons. The molecule has 3 rings (SSSR count). The molecule has 0 spiro atoms. The first kappa shape index (κ1) is 18.6. The van der Waals surface area contributed by atoms with Gasteiger partial charge in [-0.3, -0.25) is 14.9 Å². The third-order valence-corrected chi connectivity index (χ3v) is 4.11. The van der Waals surface area contributed by atoms with Gasteiger partial charge in [0.05, 0.1) is 17.5 Å². The van der Waals surface area contributed by atoms with Crippen molar-refractivity contribution < 1.29 is 14.0 Å². The Morgan fingerprint density at radius 2 is 2.00 bits per heavy atom. The van der Waals surface area contributed by atoms with Crippen molar-refractivity contribution in [1.29, 1.82) is 0 Å². The lowest BCUT2D eigenvalue weighted by Gasteiger charge is -2.17. The number of carbonyl (C=O) groups excluding carboxylic acids is 2. The first-order valence-electron chi connectivity index (χ1n) is 8.84. The number of para-hydroxylation sites is 2. The number of anilines is 1. The van der Waals surface area contributed by atoms with E-state index < -0.39 is 11.9 Å². The smallest absolute Gasteiger partial charge is 0.249 e. The molecule has 6 nitrogen and oxygen atoms in total.